The first-order valence-electron chi connectivity index (χ1n) is 3.74. The van der Waals surface area contributed by atoms with Gasteiger partial charge in [0.2, 0.25) is 5.88 Å². The molecule has 1 aromatic heterocycles. The molecule has 3 N–H and O–H groups in total. The number of rotatable bonds is 3. The number of aromatic nitrogens is 1. The van der Waals surface area contributed by atoms with Gasteiger partial charge in [-0.25, -0.2) is 4.98 Å². The van der Waals surface area contributed by atoms with Crippen molar-refractivity contribution in [2.75, 3.05) is 5.32 Å². The van der Waals surface area contributed by atoms with Gasteiger partial charge in [0.1, 0.15) is 6.04 Å². The Balaban J connectivity index is 2.64. The summed E-state index contributed by atoms with van der Waals surface area (Å²) >= 11 is 0. The van der Waals surface area contributed by atoms with Gasteiger partial charge < -0.3 is 15.5 Å². The van der Waals surface area contributed by atoms with Crippen molar-refractivity contribution >= 4 is 11.7 Å². The highest BCUT2D eigenvalue weighted by molar-refractivity contribution is 5.76. The van der Waals surface area contributed by atoms with Crippen molar-refractivity contribution in [3.05, 3.63) is 18.3 Å². The Morgan fingerprint density at radius 2 is 2.31 bits per heavy atom. The average molecular weight is 182 g/mol. The number of anilines is 1. The van der Waals surface area contributed by atoms with Crippen molar-refractivity contribution in [3.63, 3.8) is 0 Å². The summed E-state index contributed by atoms with van der Waals surface area (Å²) in [5.41, 5.74) is 0.563. The van der Waals surface area contributed by atoms with E-state index >= 15 is 0 Å². The van der Waals surface area contributed by atoms with Crippen LogP contribution >= 0.6 is 0 Å². The molecule has 0 unspecified atom stereocenters. The lowest BCUT2D eigenvalue weighted by Gasteiger charge is -2.09. The number of aliphatic carboxylic acids is 1. The van der Waals surface area contributed by atoms with Crippen LogP contribution in [-0.4, -0.2) is 27.2 Å². The molecule has 0 amide bonds. The number of aromatic hydroxyl groups is 1. The van der Waals surface area contributed by atoms with E-state index in [2.05, 4.69) is 10.3 Å². The number of carboxylic acid groups (broad SMARTS) is 1. The quantitative estimate of drug-likeness (QED) is 0.640. The highest BCUT2D eigenvalue weighted by Crippen LogP contribution is 2.10. The van der Waals surface area contributed by atoms with Crippen LogP contribution in [0.1, 0.15) is 6.92 Å². The molecule has 5 nitrogen and oxygen atoms in total. The molecule has 1 aromatic rings. The van der Waals surface area contributed by atoms with Crippen molar-refractivity contribution in [2.24, 2.45) is 0 Å². The molecule has 0 aliphatic heterocycles. The number of hydrogen-bond donors (Lipinski definition) is 3. The van der Waals surface area contributed by atoms with Crippen LogP contribution in [0.5, 0.6) is 5.88 Å². The molecule has 0 aliphatic rings. The van der Waals surface area contributed by atoms with Crippen LogP contribution in [0.4, 0.5) is 5.69 Å². The molecule has 0 aromatic carbocycles. The SMILES string of the molecule is C[C@H](Nc1ccc(O)nc1)C(=O)O. The fourth-order valence-corrected chi connectivity index (χ4v) is 0.783. The lowest BCUT2D eigenvalue weighted by Crippen LogP contribution is -2.25. The third kappa shape index (κ3) is 2.62. The largest absolute Gasteiger partial charge is 0.493 e. The molecule has 1 atom stereocenters. The van der Waals surface area contributed by atoms with Gasteiger partial charge in [0.05, 0.1) is 11.9 Å². The van der Waals surface area contributed by atoms with Gasteiger partial charge in [-0.1, -0.05) is 0 Å². The van der Waals surface area contributed by atoms with Crippen LogP contribution < -0.4 is 5.32 Å². The van der Waals surface area contributed by atoms with Crippen molar-refractivity contribution in [2.45, 2.75) is 13.0 Å². The van der Waals surface area contributed by atoms with E-state index < -0.39 is 12.0 Å². The molecule has 0 bridgehead atoms. The number of nitrogens with one attached hydrogen (secondary N) is 1. The molecule has 70 valence electrons. The lowest BCUT2D eigenvalue weighted by atomic mass is 10.3. The fraction of sp³-hybridized carbons (Fsp3) is 0.250. The Morgan fingerprint density at radius 1 is 1.62 bits per heavy atom. The van der Waals surface area contributed by atoms with E-state index in [9.17, 15) is 4.79 Å². The zero-order valence-electron chi connectivity index (χ0n) is 7.06. The predicted molar refractivity (Wildman–Crippen MR) is 46.6 cm³/mol. The predicted octanol–water partition coefficient (Wildman–Crippen LogP) is 0.672. The summed E-state index contributed by atoms with van der Waals surface area (Å²) in [6.07, 6.45) is 1.37. The number of carbonyl (C=O) groups is 1. The minimum atomic E-state index is -0.937. The van der Waals surface area contributed by atoms with Gasteiger partial charge in [0, 0.05) is 6.07 Å². The molecule has 0 saturated heterocycles. The second kappa shape index (κ2) is 3.75. The Labute approximate surface area is 75.0 Å². The molecule has 13 heavy (non-hydrogen) atoms. The molecule has 0 saturated carbocycles. The monoisotopic (exact) mass is 182 g/mol. The zero-order valence-corrected chi connectivity index (χ0v) is 7.06. The first-order chi connectivity index (χ1) is 6.09. The van der Waals surface area contributed by atoms with E-state index in [0.29, 0.717) is 5.69 Å². The van der Waals surface area contributed by atoms with E-state index in [4.69, 9.17) is 10.2 Å². The van der Waals surface area contributed by atoms with Crippen LogP contribution in [0.15, 0.2) is 18.3 Å². The molecule has 5 heteroatoms. The maximum atomic E-state index is 10.4. The highest BCUT2D eigenvalue weighted by atomic mass is 16.4. The van der Waals surface area contributed by atoms with Gasteiger partial charge in [0.25, 0.3) is 0 Å². The molecule has 0 spiro atoms. The van der Waals surface area contributed by atoms with E-state index in [1.807, 2.05) is 0 Å². The second-order valence-electron chi connectivity index (χ2n) is 2.61. The first-order valence-corrected chi connectivity index (χ1v) is 3.74. The third-order valence-electron chi connectivity index (χ3n) is 1.50. The van der Waals surface area contributed by atoms with E-state index in [1.54, 1.807) is 6.07 Å². The summed E-state index contributed by atoms with van der Waals surface area (Å²) in [5.74, 6) is -1.03. The van der Waals surface area contributed by atoms with E-state index in [0.717, 1.165) is 0 Å². The van der Waals surface area contributed by atoms with Gasteiger partial charge in [0.15, 0.2) is 0 Å². The standard InChI is InChI=1S/C8H10N2O3/c1-5(8(12)13)10-6-2-3-7(11)9-4-6/h2-5,10H,1H3,(H,9,11)(H,12,13)/t5-/m0/s1. The molecule has 0 aliphatic carbocycles. The minimum absolute atomic E-state index is 0.0893. The van der Waals surface area contributed by atoms with Crippen molar-refractivity contribution in [1.29, 1.82) is 0 Å². The first kappa shape index (κ1) is 9.31. The smallest absolute Gasteiger partial charge is 0.325 e. The van der Waals surface area contributed by atoms with Crippen molar-refractivity contribution in [3.8, 4) is 5.88 Å². The Hall–Kier alpha value is -1.78. The summed E-state index contributed by atoms with van der Waals surface area (Å²) < 4.78 is 0. The van der Waals surface area contributed by atoms with Gasteiger partial charge in [-0.05, 0) is 13.0 Å². The van der Waals surface area contributed by atoms with E-state index in [-0.39, 0.29) is 5.88 Å². The van der Waals surface area contributed by atoms with Gasteiger partial charge in [-0.2, -0.15) is 0 Å². The summed E-state index contributed by atoms with van der Waals surface area (Å²) in [6.45, 7) is 1.52. The van der Waals surface area contributed by atoms with Crippen molar-refractivity contribution in [1.82, 2.24) is 4.98 Å². The molecule has 1 heterocycles. The summed E-state index contributed by atoms with van der Waals surface area (Å²) in [5, 5.41) is 20.1. The fourth-order valence-electron chi connectivity index (χ4n) is 0.783. The Morgan fingerprint density at radius 3 is 2.77 bits per heavy atom. The number of hydrogen-bond acceptors (Lipinski definition) is 4. The molecular formula is C8H10N2O3. The van der Waals surface area contributed by atoms with Gasteiger partial charge in [-0.3, -0.25) is 4.79 Å². The minimum Gasteiger partial charge on any atom is -0.493 e. The Bertz CT molecular complexity index is 297. The third-order valence-corrected chi connectivity index (χ3v) is 1.50. The number of nitrogens with zero attached hydrogens (tertiary/aromatic N) is 1. The normalized spacial score (nSPS) is 12.1. The van der Waals surface area contributed by atoms with E-state index in [1.165, 1.54) is 19.2 Å². The summed E-state index contributed by atoms with van der Waals surface area (Å²) in [4.78, 5) is 14.0. The van der Waals surface area contributed by atoms with Crippen LogP contribution in [0.2, 0.25) is 0 Å². The second-order valence-corrected chi connectivity index (χ2v) is 2.61. The van der Waals surface area contributed by atoms with Crippen LogP contribution in [-0.2, 0) is 4.79 Å². The van der Waals surface area contributed by atoms with Crippen molar-refractivity contribution < 1.29 is 15.0 Å². The topological polar surface area (TPSA) is 82.5 Å². The maximum absolute atomic E-state index is 10.4. The zero-order chi connectivity index (χ0) is 9.84. The Kier molecular flexibility index (Phi) is 2.69. The van der Waals surface area contributed by atoms with Crippen LogP contribution in [0.3, 0.4) is 0 Å². The van der Waals surface area contributed by atoms with Crippen LogP contribution in [0, 0.1) is 0 Å². The van der Waals surface area contributed by atoms with Crippen LogP contribution in [0.25, 0.3) is 0 Å². The summed E-state index contributed by atoms with van der Waals surface area (Å²) in [6, 6.07) is 2.27. The van der Waals surface area contributed by atoms with Gasteiger partial charge in [-0.15, -0.1) is 0 Å². The molecular weight excluding hydrogens is 172 g/mol. The summed E-state index contributed by atoms with van der Waals surface area (Å²) in [7, 11) is 0. The lowest BCUT2D eigenvalue weighted by molar-refractivity contribution is -0.137. The highest BCUT2D eigenvalue weighted by Gasteiger charge is 2.09. The molecule has 0 radical (unpaired) electrons. The number of carboxylic acids is 1. The van der Waals surface area contributed by atoms with Gasteiger partial charge >= 0.3 is 5.97 Å². The molecule has 1 rings (SSSR count). The molecule has 0 fully saturated rings. The number of pyridine rings is 1. The average Bonchev–Trinajstić information content (AvgIpc) is 2.08. The maximum Gasteiger partial charge on any atom is 0.325 e.